The van der Waals surface area contributed by atoms with Gasteiger partial charge in [-0.25, -0.2) is 0 Å². The Hall–Kier alpha value is -1.43. The highest BCUT2D eigenvalue weighted by atomic mass is 16.6. The zero-order valence-electron chi connectivity index (χ0n) is 15.5. The van der Waals surface area contributed by atoms with Gasteiger partial charge in [-0.2, -0.15) is 0 Å². The van der Waals surface area contributed by atoms with Gasteiger partial charge in [0.15, 0.2) is 0 Å². The van der Waals surface area contributed by atoms with E-state index in [1.54, 1.807) is 0 Å². The summed E-state index contributed by atoms with van der Waals surface area (Å²) in [6.45, 7) is 7.51. The van der Waals surface area contributed by atoms with Crippen molar-refractivity contribution in [3.63, 3.8) is 0 Å². The van der Waals surface area contributed by atoms with Gasteiger partial charge in [-0.3, -0.25) is 4.79 Å². The van der Waals surface area contributed by atoms with Crippen LogP contribution in [0.15, 0.2) is 30.3 Å². The molecule has 0 spiro atoms. The fourth-order valence-electron chi connectivity index (χ4n) is 3.11. The number of carbonyl (C=O) groups is 1. The second-order valence-corrected chi connectivity index (χ2v) is 7.25. The molecule has 140 valence electrons. The Morgan fingerprint density at radius 3 is 2.68 bits per heavy atom. The van der Waals surface area contributed by atoms with Crippen LogP contribution < -0.4 is 5.73 Å². The van der Waals surface area contributed by atoms with Crippen molar-refractivity contribution in [3.05, 3.63) is 35.9 Å². The molecule has 0 unspecified atom stereocenters. The highest BCUT2D eigenvalue weighted by Gasteiger charge is 2.33. The Kier molecular flexibility index (Phi) is 7.88. The van der Waals surface area contributed by atoms with Gasteiger partial charge in [0.25, 0.3) is 0 Å². The number of nitrogens with two attached hydrogens (primary N) is 1. The van der Waals surface area contributed by atoms with Gasteiger partial charge in [0, 0.05) is 13.2 Å². The van der Waals surface area contributed by atoms with Crippen LogP contribution in [0.25, 0.3) is 0 Å². The minimum atomic E-state index is -0.737. The first-order valence-electron chi connectivity index (χ1n) is 9.16. The molecule has 0 saturated carbocycles. The molecule has 4 atom stereocenters. The largest absolute Gasteiger partial charge is 0.459 e. The van der Waals surface area contributed by atoms with Gasteiger partial charge in [0.05, 0.1) is 12.7 Å². The maximum Gasteiger partial charge on any atom is 0.325 e. The maximum absolute atomic E-state index is 12.1. The van der Waals surface area contributed by atoms with Gasteiger partial charge in [0.1, 0.15) is 12.1 Å². The van der Waals surface area contributed by atoms with E-state index >= 15 is 0 Å². The van der Waals surface area contributed by atoms with Crippen molar-refractivity contribution < 1.29 is 19.0 Å². The summed E-state index contributed by atoms with van der Waals surface area (Å²) in [6.07, 6.45) is 1.18. The third-order valence-corrected chi connectivity index (χ3v) is 4.43. The lowest BCUT2D eigenvalue weighted by atomic mass is 9.88. The molecule has 5 nitrogen and oxygen atoms in total. The first-order chi connectivity index (χ1) is 12.0. The third-order valence-electron chi connectivity index (χ3n) is 4.43. The van der Waals surface area contributed by atoms with Crippen LogP contribution in [-0.2, 0) is 25.4 Å². The normalized spacial score (nSPS) is 28.6. The molecule has 1 aliphatic rings. The topological polar surface area (TPSA) is 70.8 Å². The van der Waals surface area contributed by atoms with E-state index in [0.717, 1.165) is 12.8 Å². The Bertz CT molecular complexity index is 520. The first kappa shape index (κ1) is 19.9. The molecule has 1 aromatic carbocycles. The highest BCUT2D eigenvalue weighted by Crippen LogP contribution is 2.25. The number of esters is 1. The number of rotatable bonds is 5. The SMILES string of the molecule is CC(C)CO[C@@H]1[C@@H](Cc2ccccc2)CCOC[C@H](N)C(=O)O[C@H]1C. The Balaban J connectivity index is 2.17. The average molecular weight is 349 g/mol. The standard InChI is InChI=1S/C20H31NO4/c1-14(2)12-24-19-15(3)25-20(22)18(21)13-23-10-9-17(19)11-16-7-5-4-6-8-16/h4-8,14-15,17-19H,9-13,21H2,1-3H3/t15-,17+,18-,19-/m0/s1. The second-order valence-electron chi connectivity index (χ2n) is 7.25. The van der Waals surface area contributed by atoms with E-state index in [1.165, 1.54) is 5.56 Å². The van der Waals surface area contributed by atoms with Crippen LogP contribution in [0.1, 0.15) is 32.8 Å². The van der Waals surface area contributed by atoms with Crippen LogP contribution in [0.4, 0.5) is 0 Å². The molecule has 2 rings (SSSR count). The van der Waals surface area contributed by atoms with Crippen molar-refractivity contribution >= 4 is 5.97 Å². The summed E-state index contributed by atoms with van der Waals surface area (Å²) in [4.78, 5) is 12.1. The molecule has 0 bridgehead atoms. The molecule has 1 aromatic rings. The summed E-state index contributed by atoms with van der Waals surface area (Å²) in [5, 5.41) is 0. The zero-order chi connectivity index (χ0) is 18.2. The predicted octanol–water partition coefficient (Wildman–Crippen LogP) is 2.57. The molecule has 0 aromatic heterocycles. The van der Waals surface area contributed by atoms with E-state index < -0.39 is 12.0 Å². The molecule has 0 radical (unpaired) electrons. The summed E-state index contributed by atoms with van der Waals surface area (Å²) in [5.41, 5.74) is 7.06. The molecule has 25 heavy (non-hydrogen) atoms. The van der Waals surface area contributed by atoms with Gasteiger partial charge < -0.3 is 19.9 Å². The molecule has 2 N–H and O–H groups in total. The van der Waals surface area contributed by atoms with E-state index in [-0.39, 0.29) is 24.7 Å². The first-order valence-corrected chi connectivity index (χ1v) is 9.16. The molecule has 1 saturated heterocycles. The second kappa shape index (κ2) is 9.90. The monoisotopic (exact) mass is 349 g/mol. The minimum absolute atomic E-state index is 0.180. The van der Waals surface area contributed by atoms with E-state index in [1.807, 2.05) is 25.1 Å². The van der Waals surface area contributed by atoms with Crippen LogP contribution in [0.5, 0.6) is 0 Å². The van der Waals surface area contributed by atoms with Crippen LogP contribution in [-0.4, -0.2) is 44.0 Å². The highest BCUT2D eigenvalue weighted by molar-refractivity contribution is 5.75. The quantitative estimate of drug-likeness (QED) is 0.827. The molecule has 0 aliphatic carbocycles. The van der Waals surface area contributed by atoms with Crippen molar-refractivity contribution in [1.29, 1.82) is 0 Å². The van der Waals surface area contributed by atoms with Gasteiger partial charge >= 0.3 is 5.97 Å². The van der Waals surface area contributed by atoms with E-state index in [4.69, 9.17) is 19.9 Å². The summed E-state index contributed by atoms with van der Waals surface area (Å²) < 4.78 is 17.4. The van der Waals surface area contributed by atoms with Gasteiger partial charge in [0.2, 0.25) is 0 Å². The minimum Gasteiger partial charge on any atom is -0.459 e. The Labute approximate surface area is 150 Å². The molecule has 0 amide bonds. The molecule has 1 heterocycles. The van der Waals surface area contributed by atoms with Crippen LogP contribution in [0, 0.1) is 11.8 Å². The molecular formula is C20H31NO4. The van der Waals surface area contributed by atoms with E-state index in [2.05, 4.69) is 26.0 Å². The molecular weight excluding hydrogens is 318 g/mol. The maximum atomic E-state index is 12.1. The smallest absolute Gasteiger partial charge is 0.325 e. The van der Waals surface area contributed by atoms with Crippen molar-refractivity contribution in [2.24, 2.45) is 17.6 Å². The number of cyclic esters (lactones) is 1. The third kappa shape index (κ3) is 6.42. The Morgan fingerprint density at radius 2 is 2.00 bits per heavy atom. The van der Waals surface area contributed by atoms with Crippen LogP contribution >= 0.6 is 0 Å². The van der Waals surface area contributed by atoms with Crippen molar-refractivity contribution in [3.8, 4) is 0 Å². The molecule has 1 fully saturated rings. The van der Waals surface area contributed by atoms with Crippen molar-refractivity contribution in [1.82, 2.24) is 0 Å². The summed E-state index contributed by atoms with van der Waals surface area (Å²) in [5.74, 6) is 0.193. The van der Waals surface area contributed by atoms with Gasteiger partial charge in [-0.15, -0.1) is 0 Å². The average Bonchev–Trinajstić information content (AvgIpc) is 2.58. The zero-order valence-corrected chi connectivity index (χ0v) is 15.5. The number of benzene rings is 1. The van der Waals surface area contributed by atoms with Crippen LogP contribution in [0.3, 0.4) is 0 Å². The van der Waals surface area contributed by atoms with E-state index in [0.29, 0.717) is 19.1 Å². The van der Waals surface area contributed by atoms with Gasteiger partial charge in [-0.05, 0) is 37.2 Å². The Morgan fingerprint density at radius 1 is 1.28 bits per heavy atom. The van der Waals surface area contributed by atoms with Crippen molar-refractivity contribution in [2.75, 3.05) is 19.8 Å². The lowest BCUT2D eigenvalue weighted by Crippen LogP contribution is -2.45. The number of hydrogen-bond acceptors (Lipinski definition) is 5. The summed E-state index contributed by atoms with van der Waals surface area (Å²) in [6, 6.07) is 9.59. The van der Waals surface area contributed by atoms with Gasteiger partial charge in [-0.1, -0.05) is 44.2 Å². The number of carbonyl (C=O) groups excluding carboxylic acids is 1. The summed E-state index contributed by atoms with van der Waals surface area (Å²) in [7, 11) is 0. The lowest BCUT2D eigenvalue weighted by Gasteiger charge is -2.34. The molecule has 1 aliphatic heterocycles. The number of hydrogen-bond donors (Lipinski definition) is 1. The van der Waals surface area contributed by atoms with Crippen LogP contribution in [0.2, 0.25) is 0 Å². The predicted molar refractivity (Wildman–Crippen MR) is 97.2 cm³/mol. The lowest BCUT2D eigenvalue weighted by molar-refractivity contribution is -0.165. The van der Waals surface area contributed by atoms with E-state index in [9.17, 15) is 4.79 Å². The molecule has 5 heteroatoms. The number of ether oxygens (including phenoxy) is 3. The fraction of sp³-hybridized carbons (Fsp3) is 0.650. The summed E-state index contributed by atoms with van der Waals surface area (Å²) >= 11 is 0. The van der Waals surface area contributed by atoms with Crippen molar-refractivity contribution in [2.45, 2.75) is 51.9 Å². The fourth-order valence-corrected chi connectivity index (χ4v) is 3.11.